The van der Waals surface area contributed by atoms with Gasteiger partial charge in [-0.2, -0.15) is 0 Å². The predicted molar refractivity (Wildman–Crippen MR) is 205 cm³/mol. The van der Waals surface area contributed by atoms with Gasteiger partial charge in [-0.25, -0.2) is 0 Å². The molecule has 276 valence electrons. The fourth-order valence-corrected chi connectivity index (χ4v) is 5.25. The average Bonchev–Trinajstić information content (AvgIpc) is 3.09. The highest BCUT2D eigenvalue weighted by molar-refractivity contribution is 5.70. The minimum absolute atomic E-state index is 0.0976. The fraction of sp³-hybridized carbons (Fsp3) is 0.721. The number of rotatable bonds is 35. The highest BCUT2D eigenvalue weighted by atomic mass is 16.6. The van der Waals surface area contributed by atoms with Gasteiger partial charge >= 0.3 is 11.9 Å². The van der Waals surface area contributed by atoms with Gasteiger partial charge in [0.1, 0.15) is 6.61 Å². The Labute approximate surface area is 296 Å². The molecule has 1 N–H and O–H groups in total. The lowest BCUT2D eigenvalue weighted by molar-refractivity contribution is -0.161. The van der Waals surface area contributed by atoms with Crippen LogP contribution in [0, 0.1) is 0 Å². The maximum Gasteiger partial charge on any atom is 0.306 e. The maximum atomic E-state index is 12.2. The molecule has 0 heterocycles. The number of aliphatic hydroxyl groups excluding tert-OH is 1. The van der Waals surface area contributed by atoms with Crippen LogP contribution in [0.1, 0.15) is 181 Å². The number of hydrogen-bond donors (Lipinski definition) is 1. The average molecular weight is 671 g/mol. The summed E-state index contributed by atoms with van der Waals surface area (Å²) in [6.45, 7) is 4.05. The summed E-state index contributed by atoms with van der Waals surface area (Å²) < 4.78 is 10.6. The Kier molecular flexibility index (Phi) is 37.1. The molecule has 0 fully saturated rings. The van der Waals surface area contributed by atoms with Crippen molar-refractivity contribution in [2.24, 2.45) is 0 Å². The van der Waals surface area contributed by atoms with Crippen LogP contribution in [0.2, 0.25) is 0 Å². The minimum atomic E-state index is -0.796. The molecular weight excluding hydrogens is 596 g/mol. The molecule has 0 amide bonds. The molecule has 0 unspecified atom stereocenters. The highest BCUT2D eigenvalue weighted by Gasteiger charge is 2.16. The van der Waals surface area contributed by atoms with E-state index in [1.54, 1.807) is 0 Å². The van der Waals surface area contributed by atoms with Gasteiger partial charge in [-0.3, -0.25) is 9.59 Å². The molecule has 0 aliphatic carbocycles. The van der Waals surface area contributed by atoms with Crippen molar-refractivity contribution < 1.29 is 24.2 Å². The van der Waals surface area contributed by atoms with Gasteiger partial charge in [-0.05, 0) is 77.0 Å². The predicted octanol–water partition coefficient (Wildman–Crippen LogP) is 12.4. The Morgan fingerprint density at radius 1 is 0.479 bits per heavy atom. The Morgan fingerprint density at radius 2 is 0.854 bits per heavy atom. The van der Waals surface area contributed by atoms with E-state index >= 15 is 0 Å². The van der Waals surface area contributed by atoms with Gasteiger partial charge in [-0.15, -0.1) is 0 Å². The van der Waals surface area contributed by atoms with Crippen molar-refractivity contribution in [2.75, 3.05) is 13.2 Å². The molecule has 5 heteroatoms. The number of carbonyl (C=O) groups is 2. The third-order valence-corrected chi connectivity index (χ3v) is 8.28. The number of esters is 2. The Morgan fingerprint density at radius 3 is 1.38 bits per heavy atom. The lowest BCUT2D eigenvalue weighted by Crippen LogP contribution is -2.28. The molecule has 0 saturated carbocycles. The first-order valence-electron chi connectivity index (χ1n) is 19.8. The van der Waals surface area contributed by atoms with E-state index in [4.69, 9.17) is 9.47 Å². The number of hydrogen-bond acceptors (Lipinski definition) is 5. The molecule has 0 rings (SSSR count). The topological polar surface area (TPSA) is 72.8 Å². The zero-order valence-corrected chi connectivity index (χ0v) is 31.2. The first kappa shape index (κ1) is 45.6. The zero-order chi connectivity index (χ0) is 35.0. The molecule has 0 bridgehead atoms. The molecule has 0 aromatic heterocycles. The van der Waals surface area contributed by atoms with Crippen LogP contribution in [-0.4, -0.2) is 36.4 Å². The molecule has 0 saturated heterocycles. The van der Waals surface area contributed by atoms with E-state index < -0.39 is 6.10 Å². The molecule has 0 spiro atoms. The van der Waals surface area contributed by atoms with Crippen molar-refractivity contribution in [2.45, 2.75) is 187 Å². The van der Waals surface area contributed by atoms with Gasteiger partial charge in [0.2, 0.25) is 0 Å². The molecule has 0 aromatic carbocycles. The lowest BCUT2D eigenvalue weighted by Gasteiger charge is -2.15. The second-order valence-corrected chi connectivity index (χ2v) is 13.0. The minimum Gasteiger partial charge on any atom is -0.462 e. The summed E-state index contributed by atoms with van der Waals surface area (Å²) in [5.74, 6) is -0.664. The second-order valence-electron chi connectivity index (χ2n) is 13.0. The Balaban J connectivity index is 3.67. The summed E-state index contributed by atoms with van der Waals surface area (Å²) in [6, 6.07) is 0. The van der Waals surface area contributed by atoms with Crippen LogP contribution in [0.25, 0.3) is 0 Å². The van der Waals surface area contributed by atoms with Crippen molar-refractivity contribution >= 4 is 11.9 Å². The largest absolute Gasteiger partial charge is 0.462 e. The summed E-state index contributed by atoms with van der Waals surface area (Å²) in [6.07, 6.45) is 50.0. The van der Waals surface area contributed by atoms with Crippen LogP contribution in [0.4, 0.5) is 0 Å². The Bertz CT molecular complexity index is 853. The fourth-order valence-electron chi connectivity index (χ4n) is 5.25. The van der Waals surface area contributed by atoms with Crippen LogP contribution >= 0.6 is 0 Å². The quantitative estimate of drug-likeness (QED) is 0.0413. The maximum absolute atomic E-state index is 12.2. The van der Waals surface area contributed by atoms with Crippen LogP contribution in [-0.2, 0) is 19.1 Å². The molecule has 0 aromatic rings. The van der Waals surface area contributed by atoms with Crippen LogP contribution in [0.15, 0.2) is 60.8 Å². The molecule has 48 heavy (non-hydrogen) atoms. The summed E-state index contributed by atoms with van der Waals surface area (Å²) in [7, 11) is 0. The number of unbranched alkanes of at least 4 members (excludes halogenated alkanes) is 17. The van der Waals surface area contributed by atoms with Crippen molar-refractivity contribution in [3.8, 4) is 0 Å². The molecule has 0 aliphatic heterocycles. The van der Waals surface area contributed by atoms with Gasteiger partial charge < -0.3 is 14.6 Å². The normalized spacial score (nSPS) is 12.8. The van der Waals surface area contributed by atoms with Crippen LogP contribution in [0.5, 0.6) is 0 Å². The van der Waals surface area contributed by atoms with E-state index in [9.17, 15) is 14.7 Å². The first-order valence-corrected chi connectivity index (χ1v) is 19.8. The molecule has 0 radical (unpaired) electrons. The van der Waals surface area contributed by atoms with E-state index in [1.165, 1.54) is 103 Å². The van der Waals surface area contributed by atoms with Crippen molar-refractivity contribution in [1.82, 2.24) is 0 Å². The molecule has 0 aliphatic rings. The van der Waals surface area contributed by atoms with Gasteiger partial charge in [0.05, 0.1) is 6.61 Å². The number of aliphatic hydroxyl groups is 1. The van der Waals surface area contributed by atoms with Crippen LogP contribution in [0.3, 0.4) is 0 Å². The van der Waals surface area contributed by atoms with Crippen LogP contribution < -0.4 is 0 Å². The second kappa shape index (κ2) is 39.0. The number of allylic oxidation sites excluding steroid dienone is 10. The van der Waals surface area contributed by atoms with E-state index in [-0.39, 0.29) is 25.2 Å². The van der Waals surface area contributed by atoms with E-state index in [0.29, 0.717) is 19.3 Å². The smallest absolute Gasteiger partial charge is 0.306 e. The van der Waals surface area contributed by atoms with Gasteiger partial charge in [0.25, 0.3) is 0 Å². The monoisotopic (exact) mass is 671 g/mol. The molecule has 1 atom stereocenters. The highest BCUT2D eigenvalue weighted by Crippen LogP contribution is 2.12. The van der Waals surface area contributed by atoms with E-state index in [2.05, 4.69) is 74.6 Å². The zero-order valence-electron chi connectivity index (χ0n) is 31.2. The van der Waals surface area contributed by atoms with Crippen molar-refractivity contribution in [1.29, 1.82) is 0 Å². The van der Waals surface area contributed by atoms with E-state index in [0.717, 1.165) is 44.9 Å². The summed E-state index contributed by atoms with van der Waals surface area (Å²) in [5.41, 5.74) is 0. The van der Waals surface area contributed by atoms with Gasteiger partial charge in [0, 0.05) is 12.8 Å². The first-order chi connectivity index (χ1) is 23.6. The van der Waals surface area contributed by atoms with Crippen molar-refractivity contribution in [3.63, 3.8) is 0 Å². The Hall–Kier alpha value is -2.40. The standard InChI is InChI=1S/C43H74O5/c1-3-5-7-9-11-13-15-17-19-21-23-25-27-29-31-33-35-37-42(45)47-40-41(39-44)48-43(46)38-36-34-32-30-28-26-24-22-20-18-16-14-12-10-8-6-4-2/h11,13,17-20,23,25,29,31,41,44H,3-10,12,14-16,21-22,24,26-28,30,32-40H2,1-2H3/b13-11+,19-17+,20-18+,25-23+,31-29+/t41-/m0/s1. The summed E-state index contributed by atoms with van der Waals surface area (Å²) in [5, 5.41) is 9.55. The third kappa shape index (κ3) is 36.4. The summed E-state index contributed by atoms with van der Waals surface area (Å²) >= 11 is 0. The third-order valence-electron chi connectivity index (χ3n) is 8.28. The summed E-state index contributed by atoms with van der Waals surface area (Å²) in [4.78, 5) is 24.2. The van der Waals surface area contributed by atoms with E-state index in [1.807, 2.05) is 0 Å². The van der Waals surface area contributed by atoms with Crippen molar-refractivity contribution in [3.05, 3.63) is 60.8 Å². The lowest BCUT2D eigenvalue weighted by atomic mass is 10.1. The number of carbonyl (C=O) groups excluding carboxylic acids is 2. The molecule has 5 nitrogen and oxygen atoms in total. The van der Waals surface area contributed by atoms with Gasteiger partial charge in [-0.1, -0.05) is 152 Å². The SMILES string of the molecule is CCCCC/C=C/C/C=C/C/C=C/C/C=C/CCCC(=O)OC[C@H](CO)OC(=O)CCCCCCCCC/C=C/CCCCCCCC. The van der Waals surface area contributed by atoms with Gasteiger partial charge in [0.15, 0.2) is 6.10 Å². The molecular formula is C43H74O5. The number of ether oxygens (including phenoxy) is 2.